The summed E-state index contributed by atoms with van der Waals surface area (Å²) in [5, 5.41) is 0. The van der Waals surface area contributed by atoms with Gasteiger partial charge in [-0.15, -0.1) is 48.5 Å². The Kier molecular flexibility index (Phi) is 7.34. The second kappa shape index (κ2) is 11.2. The van der Waals surface area contributed by atoms with E-state index in [1.807, 2.05) is 109 Å². The first kappa shape index (κ1) is 24.4. The molecule has 4 aromatic heterocycles. The minimum Gasteiger partial charge on any atom is -0.295 e. The van der Waals surface area contributed by atoms with Crippen molar-refractivity contribution in [2.75, 3.05) is 0 Å². The second-order valence-corrected chi connectivity index (χ2v) is 8.20. The predicted molar refractivity (Wildman–Crippen MR) is 142 cm³/mol. The van der Waals surface area contributed by atoms with Crippen molar-refractivity contribution in [3.8, 4) is 56.4 Å². The van der Waals surface area contributed by atoms with Gasteiger partial charge < -0.3 is 0 Å². The van der Waals surface area contributed by atoms with Gasteiger partial charge in [-0.1, -0.05) is 70.8 Å². The molecule has 0 aliphatic rings. The van der Waals surface area contributed by atoms with Crippen LogP contribution in [0.1, 0.15) is 0 Å². The smallest absolute Gasteiger partial charge is 0.295 e. The van der Waals surface area contributed by atoms with Crippen LogP contribution < -0.4 is 0 Å². The number of hydrogen-bond donors (Lipinski definition) is 0. The third-order valence-corrected chi connectivity index (χ3v) is 5.78. The third-order valence-electron chi connectivity index (χ3n) is 5.78. The van der Waals surface area contributed by atoms with Gasteiger partial charge in [0.25, 0.3) is 0 Å². The van der Waals surface area contributed by atoms with E-state index in [2.05, 4.69) is 22.1 Å². The van der Waals surface area contributed by atoms with Crippen molar-refractivity contribution in [1.29, 1.82) is 0 Å². The van der Waals surface area contributed by atoms with E-state index in [-0.39, 0.29) is 19.5 Å². The van der Waals surface area contributed by atoms with E-state index in [4.69, 9.17) is 9.97 Å². The summed E-state index contributed by atoms with van der Waals surface area (Å²) in [6, 6.07) is 42.7. The number of rotatable bonds is 5. The fourth-order valence-corrected chi connectivity index (χ4v) is 4.03. The van der Waals surface area contributed by atoms with Crippen LogP contribution in [0.15, 0.2) is 122 Å². The Morgan fingerprint density at radius 2 is 0.703 bits per heavy atom. The summed E-state index contributed by atoms with van der Waals surface area (Å²) in [5.41, 5.74) is 8.72. The predicted octanol–water partition coefficient (Wildman–Crippen LogP) is 7.20. The Morgan fingerprint density at radius 3 is 1.11 bits per heavy atom. The van der Waals surface area contributed by atoms with Crippen LogP contribution in [0.3, 0.4) is 0 Å². The molecule has 2 aromatic carbocycles. The molecular formula is C32H20N4Ru. The maximum absolute atomic E-state index is 4.91. The molecule has 0 amide bonds. The Balaban J connectivity index is 0.00000280. The average Bonchev–Trinajstić information content (AvgIpc) is 2.98. The van der Waals surface area contributed by atoms with Crippen LogP contribution in [0.25, 0.3) is 56.4 Å². The first-order chi connectivity index (χ1) is 17.8. The molecule has 6 aromatic rings. The zero-order chi connectivity index (χ0) is 24.2. The first-order valence-corrected chi connectivity index (χ1v) is 11.7. The summed E-state index contributed by atoms with van der Waals surface area (Å²) in [7, 11) is 0. The standard InChI is InChI=1S/C32H20N4.Ru/c1-3-19-33-27(13-1)23-9-5-11-25(21-23)29-15-7-17-31(35-29)32-18-8-16-30(36-32)26-12-6-10-24(22-26)28-14-2-4-20-34-28;/h1-20H;/q-2;+2. The number of pyridine rings is 4. The first-order valence-electron chi connectivity index (χ1n) is 11.7. The molecule has 0 aliphatic heterocycles. The van der Waals surface area contributed by atoms with Gasteiger partial charge in [-0.05, 0) is 24.3 Å². The minimum atomic E-state index is 0. The molecule has 176 valence electrons. The summed E-state index contributed by atoms with van der Waals surface area (Å²) in [5.74, 6) is 0. The molecule has 0 unspecified atom stereocenters. The molecular weight excluding hydrogens is 541 g/mol. The van der Waals surface area contributed by atoms with Crippen molar-refractivity contribution in [2.24, 2.45) is 0 Å². The normalized spacial score (nSPS) is 10.5. The van der Waals surface area contributed by atoms with E-state index in [1.54, 1.807) is 12.4 Å². The van der Waals surface area contributed by atoms with Crippen LogP contribution in [0.5, 0.6) is 0 Å². The van der Waals surface area contributed by atoms with Crippen LogP contribution in [0.4, 0.5) is 0 Å². The van der Waals surface area contributed by atoms with Crippen LogP contribution in [0.2, 0.25) is 0 Å². The molecule has 0 saturated carbocycles. The second-order valence-electron chi connectivity index (χ2n) is 8.20. The number of hydrogen-bond acceptors (Lipinski definition) is 4. The molecule has 37 heavy (non-hydrogen) atoms. The molecule has 0 radical (unpaired) electrons. The van der Waals surface area contributed by atoms with Crippen LogP contribution in [-0.2, 0) is 19.5 Å². The molecule has 0 spiro atoms. The van der Waals surface area contributed by atoms with Crippen molar-refractivity contribution in [1.82, 2.24) is 19.9 Å². The van der Waals surface area contributed by atoms with Crippen molar-refractivity contribution < 1.29 is 19.5 Å². The van der Waals surface area contributed by atoms with Gasteiger partial charge in [0.05, 0.1) is 11.4 Å². The minimum absolute atomic E-state index is 0. The van der Waals surface area contributed by atoms with Crippen molar-refractivity contribution in [2.45, 2.75) is 0 Å². The molecule has 4 nitrogen and oxygen atoms in total. The largest absolute Gasteiger partial charge is 2.00 e. The molecule has 0 fully saturated rings. The van der Waals surface area contributed by atoms with Crippen LogP contribution in [0, 0.1) is 12.1 Å². The number of aromatic nitrogens is 4. The van der Waals surface area contributed by atoms with Gasteiger partial charge in [-0.3, -0.25) is 19.9 Å². The van der Waals surface area contributed by atoms with Gasteiger partial charge in [-0.25, -0.2) is 0 Å². The molecule has 4 heterocycles. The topological polar surface area (TPSA) is 51.6 Å². The van der Waals surface area contributed by atoms with E-state index >= 15 is 0 Å². The summed E-state index contributed by atoms with van der Waals surface area (Å²) in [6.07, 6.45) is 3.58. The van der Waals surface area contributed by atoms with Gasteiger partial charge in [0.15, 0.2) is 0 Å². The quantitative estimate of drug-likeness (QED) is 0.165. The van der Waals surface area contributed by atoms with Gasteiger partial charge >= 0.3 is 19.5 Å². The maximum atomic E-state index is 4.91. The fraction of sp³-hybridized carbons (Fsp3) is 0. The summed E-state index contributed by atoms with van der Waals surface area (Å²) >= 11 is 0. The maximum Gasteiger partial charge on any atom is 2.00 e. The zero-order valence-electron chi connectivity index (χ0n) is 19.7. The number of benzene rings is 2. The van der Waals surface area contributed by atoms with E-state index < -0.39 is 0 Å². The molecule has 0 bridgehead atoms. The van der Waals surface area contributed by atoms with E-state index in [0.717, 1.165) is 56.4 Å². The van der Waals surface area contributed by atoms with Crippen LogP contribution >= 0.6 is 0 Å². The molecule has 0 atom stereocenters. The van der Waals surface area contributed by atoms with Gasteiger partial charge in [0.2, 0.25) is 0 Å². The van der Waals surface area contributed by atoms with E-state index in [9.17, 15) is 0 Å². The van der Waals surface area contributed by atoms with Gasteiger partial charge in [0.1, 0.15) is 0 Å². The Morgan fingerprint density at radius 1 is 0.351 bits per heavy atom. The van der Waals surface area contributed by atoms with Gasteiger partial charge in [-0.2, -0.15) is 0 Å². The Labute approximate surface area is 228 Å². The Bertz CT molecular complexity index is 1510. The zero-order valence-corrected chi connectivity index (χ0v) is 21.4. The monoisotopic (exact) mass is 562 g/mol. The molecule has 6 rings (SSSR count). The molecule has 0 saturated heterocycles. The SMILES string of the molecule is [Ru+2].[c-]1c(-c2ccccn2)cccc1-c1cccc(-c2cccc(-c3[c-]c(-c4ccccn4)ccc3)n2)n1. The van der Waals surface area contributed by atoms with Crippen LogP contribution in [-0.4, -0.2) is 19.9 Å². The fourth-order valence-electron chi connectivity index (χ4n) is 4.03. The molecule has 5 heteroatoms. The Hall–Kier alpha value is -4.34. The van der Waals surface area contributed by atoms with Crippen molar-refractivity contribution in [3.63, 3.8) is 0 Å². The summed E-state index contributed by atoms with van der Waals surface area (Å²) in [6.45, 7) is 0. The molecule has 0 N–H and O–H groups in total. The summed E-state index contributed by atoms with van der Waals surface area (Å²) in [4.78, 5) is 18.7. The van der Waals surface area contributed by atoms with Crippen molar-refractivity contribution in [3.05, 3.63) is 134 Å². The summed E-state index contributed by atoms with van der Waals surface area (Å²) < 4.78 is 0. The average molecular weight is 562 g/mol. The number of nitrogens with zero attached hydrogens (tertiary/aromatic N) is 4. The van der Waals surface area contributed by atoms with Crippen molar-refractivity contribution >= 4 is 0 Å². The van der Waals surface area contributed by atoms with Gasteiger partial charge in [0, 0.05) is 35.2 Å². The third kappa shape index (κ3) is 5.43. The van der Waals surface area contributed by atoms with E-state index in [1.165, 1.54) is 0 Å². The molecule has 0 aliphatic carbocycles. The van der Waals surface area contributed by atoms with E-state index in [0.29, 0.717) is 0 Å².